The van der Waals surface area contributed by atoms with Crippen LogP contribution in [0.25, 0.3) is 22.6 Å². The van der Waals surface area contributed by atoms with E-state index in [4.69, 9.17) is 16.6 Å². The van der Waals surface area contributed by atoms with E-state index in [1.807, 2.05) is 49.4 Å². The van der Waals surface area contributed by atoms with Crippen molar-refractivity contribution in [3.05, 3.63) is 63.7 Å². The number of nitrogens with zero attached hydrogens (tertiary/aromatic N) is 1. The molecule has 0 bridgehead atoms. The highest BCUT2D eigenvalue weighted by Gasteiger charge is 2.12. The summed E-state index contributed by atoms with van der Waals surface area (Å²) in [5.74, 6) is 0.795. The molecule has 3 aromatic rings. The van der Waals surface area contributed by atoms with Crippen molar-refractivity contribution in [2.75, 3.05) is 0 Å². The molecule has 20 heavy (non-hydrogen) atoms. The largest absolute Gasteiger partial charge is 0.341 e. The van der Waals surface area contributed by atoms with E-state index in [-0.39, 0.29) is 0 Å². The Hall–Kier alpha value is -1.58. The summed E-state index contributed by atoms with van der Waals surface area (Å²) in [6.07, 6.45) is 0. The summed E-state index contributed by atoms with van der Waals surface area (Å²) in [7, 11) is 0. The molecule has 0 radical (unpaired) electrons. The van der Waals surface area contributed by atoms with E-state index in [0.717, 1.165) is 32.8 Å². The average molecular weight is 348 g/mol. The Morgan fingerprint density at radius 1 is 1.10 bits per heavy atom. The Bertz CT molecular complexity index is 765. The van der Waals surface area contributed by atoms with E-state index in [0.29, 0.717) is 5.02 Å². The lowest BCUT2D eigenvalue weighted by Gasteiger charge is -1.99. The molecule has 0 saturated heterocycles. The van der Waals surface area contributed by atoms with Gasteiger partial charge in [-0.05, 0) is 31.2 Å². The first-order chi connectivity index (χ1) is 9.65. The number of hydrogen-bond donors (Lipinski definition) is 1. The van der Waals surface area contributed by atoms with Crippen LogP contribution in [0.1, 0.15) is 5.69 Å². The van der Waals surface area contributed by atoms with Crippen LogP contribution in [0.3, 0.4) is 0 Å². The third kappa shape index (κ3) is 2.51. The summed E-state index contributed by atoms with van der Waals surface area (Å²) in [4.78, 5) is 8.00. The smallest absolute Gasteiger partial charge is 0.139 e. The third-order valence-corrected chi connectivity index (χ3v) is 3.93. The van der Waals surface area contributed by atoms with E-state index in [2.05, 4.69) is 27.0 Å². The minimum Gasteiger partial charge on any atom is -0.341 e. The topological polar surface area (TPSA) is 28.7 Å². The van der Waals surface area contributed by atoms with Gasteiger partial charge >= 0.3 is 0 Å². The number of nitrogens with one attached hydrogen (secondary N) is 1. The number of aryl methyl sites for hydroxylation is 1. The van der Waals surface area contributed by atoms with Crippen LogP contribution >= 0.6 is 27.5 Å². The zero-order valence-corrected chi connectivity index (χ0v) is 13.2. The molecule has 0 aliphatic rings. The molecule has 0 atom stereocenters. The van der Waals surface area contributed by atoms with Gasteiger partial charge in [-0.2, -0.15) is 0 Å². The minimum absolute atomic E-state index is 0.696. The van der Waals surface area contributed by atoms with Crippen LogP contribution in [0.15, 0.2) is 53.0 Å². The van der Waals surface area contributed by atoms with Crippen molar-refractivity contribution in [1.82, 2.24) is 9.97 Å². The maximum Gasteiger partial charge on any atom is 0.139 e. The van der Waals surface area contributed by atoms with Gasteiger partial charge in [0.05, 0.1) is 10.7 Å². The van der Waals surface area contributed by atoms with Gasteiger partial charge in [0.2, 0.25) is 0 Å². The van der Waals surface area contributed by atoms with Gasteiger partial charge in [0.25, 0.3) is 0 Å². The molecule has 4 heteroatoms. The van der Waals surface area contributed by atoms with E-state index < -0.39 is 0 Å². The number of benzene rings is 2. The molecule has 0 aliphatic heterocycles. The first kappa shape index (κ1) is 13.4. The summed E-state index contributed by atoms with van der Waals surface area (Å²) in [6, 6.07) is 15.8. The average Bonchev–Trinajstić information content (AvgIpc) is 2.81. The molecular formula is C16H12BrClN2. The molecule has 1 N–H and O–H groups in total. The van der Waals surface area contributed by atoms with Gasteiger partial charge in [-0.3, -0.25) is 0 Å². The number of H-pyrrole nitrogens is 1. The Morgan fingerprint density at radius 2 is 1.90 bits per heavy atom. The molecule has 1 aromatic heterocycles. The molecule has 0 aliphatic carbocycles. The highest BCUT2D eigenvalue weighted by atomic mass is 79.9. The molecule has 1 heterocycles. The Labute approximate surface area is 131 Å². The standard InChI is InChI=1S/C16H12BrClN2/c1-10-15(11-5-4-6-12(17)9-11)20-16(19-10)13-7-2-3-8-14(13)18/h2-9H,1H3,(H,19,20). The molecule has 3 rings (SSSR count). The van der Waals surface area contributed by atoms with Crippen molar-refractivity contribution in [2.24, 2.45) is 0 Å². The van der Waals surface area contributed by atoms with Gasteiger partial charge < -0.3 is 4.98 Å². The molecule has 0 amide bonds. The van der Waals surface area contributed by atoms with Crippen LogP contribution in [0, 0.1) is 6.92 Å². The fourth-order valence-electron chi connectivity index (χ4n) is 2.16. The summed E-state index contributed by atoms with van der Waals surface area (Å²) in [6.45, 7) is 2.02. The number of aromatic amines is 1. The highest BCUT2D eigenvalue weighted by molar-refractivity contribution is 9.10. The molecule has 0 fully saturated rings. The van der Waals surface area contributed by atoms with Gasteiger partial charge in [-0.1, -0.05) is 51.8 Å². The van der Waals surface area contributed by atoms with Crippen LogP contribution in [-0.2, 0) is 0 Å². The van der Waals surface area contributed by atoms with Gasteiger partial charge in [0.1, 0.15) is 5.82 Å². The lowest BCUT2D eigenvalue weighted by molar-refractivity contribution is 1.26. The fourth-order valence-corrected chi connectivity index (χ4v) is 2.78. The maximum absolute atomic E-state index is 6.22. The first-order valence-corrected chi connectivity index (χ1v) is 7.39. The lowest BCUT2D eigenvalue weighted by atomic mass is 10.1. The van der Waals surface area contributed by atoms with Gasteiger partial charge in [0.15, 0.2) is 0 Å². The van der Waals surface area contributed by atoms with E-state index in [9.17, 15) is 0 Å². The van der Waals surface area contributed by atoms with Crippen molar-refractivity contribution >= 4 is 27.5 Å². The summed E-state index contributed by atoms with van der Waals surface area (Å²) >= 11 is 9.71. The SMILES string of the molecule is Cc1[nH]c(-c2ccccc2Cl)nc1-c1cccc(Br)c1. The van der Waals surface area contributed by atoms with Crippen LogP contribution in [0.5, 0.6) is 0 Å². The van der Waals surface area contributed by atoms with E-state index >= 15 is 0 Å². The van der Waals surface area contributed by atoms with Crippen molar-refractivity contribution in [3.63, 3.8) is 0 Å². The molecule has 100 valence electrons. The number of imidazole rings is 1. The quantitative estimate of drug-likeness (QED) is 0.654. The van der Waals surface area contributed by atoms with Gasteiger partial charge in [-0.15, -0.1) is 0 Å². The van der Waals surface area contributed by atoms with Crippen LogP contribution in [0.2, 0.25) is 5.02 Å². The fraction of sp³-hybridized carbons (Fsp3) is 0.0625. The van der Waals surface area contributed by atoms with Gasteiger partial charge in [0, 0.05) is 21.3 Å². The number of aromatic nitrogens is 2. The maximum atomic E-state index is 6.22. The van der Waals surface area contributed by atoms with Crippen molar-refractivity contribution in [1.29, 1.82) is 0 Å². The highest BCUT2D eigenvalue weighted by Crippen LogP contribution is 2.30. The van der Waals surface area contributed by atoms with Crippen LogP contribution < -0.4 is 0 Å². The Kier molecular flexibility index (Phi) is 3.64. The second-order valence-corrected chi connectivity index (χ2v) is 5.87. The van der Waals surface area contributed by atoms with E-state index in [1.165, 1.54) is 0 Å². The molecule has 2 nitrogen and oxygen atoms in total. The second kappa shape index (κ2) is 5.43. The van der Waals surface area contributed by atoms with E-state index in [1.54, 1.807) is 0 Å². The van der Waals surface area contributed by atoms with Crippen LogP contribution in [0.4, 0.5) is 0 Å². The Morgan fingerprint density at radius 3 is 2.65 bits per heavy atom. The monoisotopic (exact) mass is 346 g/mol. The Balaban J connectivity index is 2.10. The molecule has 0 unspecified atom stereocenters. The molecule has 0 spiro atoms. The first-order valence-electron chi connectivity index (χ1n) is 6.22. The van der Waals surface area contributed by atoms with Gasteiger partial charge in [-0.25, -0.2) is 4.98 Å². The number of rotatable bonds is 2. The minimum atomic E-state index is 0.696. The van der Waals surface area contributed by atoms with Crippen molar-refractivity contribution in [2.45, 2.75) is 6.92 Å². The number of hydrogen-bond acceptors (Lipinski definition) is 1. The third-order valence-electron chi connectivity index (χ3n) is 3.11. The molecular weight excluding hydrogens is 336 g/mol. The predicted octanol–water partition coefficient (Wildman–Crippen LogP) is 5.47. The molecule has 0 saturated carbocycles. The number of halogens is 2. The normalized spacial score (nSPS) is 10.8. The lowest BCUT2D eigenvalue weighted by Crippen LogP contribution is -1.82. The summed E-state index contributed by atoms with van der Waals surface area (Å²) in [5.41, 5.74) is 3.96. The zero-order valence-electron chi connectivity index (χ0n) is 10.8. The summed E-state index contributed by atoms with van der Waals surface area (Å²) < 4.78 is 1.04. The zero-order chi connectivity index (χ0) is 14.1. The van der Waals surface area contributed by atoms with Crippen molar-refractivity contribution in [3.8, 4) is 22.6 Å². The predicted molar refractivity (Wildman–Crippen MR) is 86.9 cm³/mol. The van der Waals surface area contributed by atoms with Crippen molar-refractivity contribution < 1.29 is 0 Å². The summed E-state index contributed by atoms with van der Waals surface area (Å²) in [5, 5.41) is 0.696. The molecule has 2 aromatic carbocycles. The second-order valence-electron chi connectivity index (χ2n) is 4.55. The van der Waals surface area contributed by atoms with Crippen LogP contribution in [-0.4, -0.2) is 9.97 Å².